The van der Waals surface area contributed by atoms with Crippen molar-refractivity contribution in [3.8, 4) is 0 Å². The van der Waals surface area contributed by atoms with Crippen LogP contribution in [0, 0.1) is 0 Å². The van der Waals surface area contributed by atoms with Gasteiger partial charge < -0.3 is 4.57 Å². The standard InChI is InChI=1S/C5H7BN2/c1-8-3-2-7-5(8)4-6/h2-3H,4H2,1H3. The summed E-state index contributed by atoms with van der Waals surface area (Å²) in [5.41, 5.74) is 0. The Kier molecular flexibility index (Phi) is 1.37. The summed E-state index contributed by atoms with van der Waals surface area (Å²) in [5, 5.41) is 0. The molecule has 0 bridgehead atoms. The number of hydrogen-bond donors (Lipinski definition) is 0. The minimum absolute atomic E-state index is 0.517. The van der Waals surface area contributed by atoms with Crippen molar-refractivity contribution >= 4 is 7.85 Å². The zero-order chi connectivity index (χ0) is 5.98. The van der Waals surface area contributed by atoms with Gasteiger partial charge in [-0.1, -0.05) is 0 Å². The number of nitrogens with zero attached hydrogens (tertiary/aromatic N) is 2. The molecule has 3 heteroatoms. The summed E-state index contributed by atoms with van der Waals surface area (Å²) in [4.78, 5) is 3.97. The molecule has 1 rings (SSSR count). The Bertz CT molecular complexity index is 171. The average Bonchev–Trinajstić information content (AvgIpc) is 2.14. The normalized spacial score (nSPS) is 9.62. The summed E-state index contributed by atoms with van der Waals surface area (Å²) >= 11 is 0. The molecular formula is C5H7BN2. The van der Waals surface area contributed by atoms with E-state index in [0.717, 1.165) is 5.82 Å². The fourth-order valence-electron chi connectivity index (χ4n) is 0.593. The molecule has 0 amide bonds. The monoisotopic (exact) mass is 106 g/mol. The summed E-state index contributed by atoms with van der Waals surface area (Å²) in [6, 6.07) is 0. The molecule has 0 aromatic carbocycles. The van der Waals surface area contributed by atoms with Crippen molar-refractivity contribution in [3.63, 3.8) is 0 Å². The maximum Gasteiger partial charge on any atom is 0.0992 e. The van der Waals surface area contributed by atoms with E-state index in [1.54, 1.807) is 6.20 Å². The molecule has 0 saturated carbocycles. The highest BCUT2D eigenvalue weighted by Gasteiger charge is 1.90. The Morgan fingerprint density at radius 3 is 2.88 bits per heavy atom. The lowest BCUT2D eigenvalue weighted by Crippen LogP contribution is -1.95. The number of imidazole rings is 1. The van der Waals surface area contributed by atoms with Gasteiger partial charge in [0.25, 0.3) is 0 Å². The van der Waals surface area contributed by atoms with Crippen LogP contribution in [0.15, 0.2) is 12.4 Å². The molecule has 1 aromatic heterocycles. The van der Waals surface area contributed by atoms with Crippen molar-refractivity contribution in [2.75, 3.05) is 0 Å². The highest BCUT2D eigenvalue weighted by molar-refractivity contribution is 6.07. The van der Waals surface area contributed by atoms with Crippen LogP contribution in [-0.2, 0) is 13.4 Å². The molecule has 0 spiro atoms. The van der Waals surface area contributed by atoms with Gasteiger partial charge in [-0.25, -0.2) is 4.98 Å². The summed E-state index contributed by atoms with van der Waals surface area (Å²) in [6.45, 7) is 0. The highest BCUT2D eigenvalue weighted by atomic mass is 15.0. The molecular weight excluding hydrogens is 98.9 g/mol. The first kappa shape index (κ1) is 5.41. The third-order valence-electron chi connectivity index (χ3n) is 1.10. The predicted molar refractivity (Wildman–Crippen MR) is 32.7 cm³/mol. The van der Waals surface area contributed by atoms with Crippen LogP contribution in [-0.4, -0.2) is 17.4 Å². The van der Waals surface area contributed by atoms with E-state index in [0.29, 0.717) is 6.32 Å². The molecule has 8 heavy (non-hydrogen) atoms. The van der Waals surface area contributed by atoms with Gasteiger partial charge in [-0.05, 0) is 6.32 Å². The molecule has 0 saturated heterocycles. The first-order valence-corrected chi connectivity index (χ1v) is 2.51. The Balaban J connectivity index is 2.92. The predicted octanol–water partition coefficient (Wildman–Crippen LogP) is 0.0886. The van der Waals surface area contributed by atoms with Crippen LogP contribution in [0.5, 0.6) is 0 Å². The van der Waals surface area contributed by atoms with Gasteiger partial charge in [0, 0.05) is 19.4 Å². The van der Waals surface area contributed by atoms with Gasteiger partial charge in [-0.2, -0.15) is 0 Å². The fourth-order valence-corrected chi connectivity index (χ4v) is 0.593. The van der Waals surface area contributed by atoms with Gasteiger partial charge in [0.2, 0.25) is 0 Å². The SMILES string of the molecule is [B]Cc1nccn1C. The van der Waals surface area contributed by atoms with Crippen LogP contribution in [0.2, 0.25) is 0 Å². The average molecular weight is 106 g/mol. The Morgan fingerprint density at radius 1 is 1.88 bits per heavy atom. The molecule has 0 unspecified atom stereocenters. The zero-order valence-corrected chi connectivity index (χ0v) is 4.83. The minimum atomic E-state index is 0.517. The largest absolute Gasteiger partial charge is 0.339 e. The van der Waals surface area contributed by atoms with Crippen LogP contribution in [0.4, 0.5) is 0 Å². The van der Waals surface area contributed by atoms with E-state index in [1.165, 1.54) is 0 Å². The van der Waals surface area contributed by atoms with Crippen LogP contribution >= 0.6 is 0 Å². The lowest BCUT2D eigenvalue weighted by molar-refractivity contribution is 0.847. The van der Waals surface area contributed by atoms with Gasteiger partial charge in [0.15, 0.2) is 0 Å². The van der Waals surface area contributed by atoms with E-state index < -0.39 is 0 Å². The topological polar surface area (TPSA) is 17.8 Å². The van der Waals surface area contributed by atoms with Gasteiger partial charge in [0.1, 0.15) is 0 Å². The van der Waals surface area contributed by atoms with Crippen molar-refractivity contribution in [1.82, 2.24) is 9.55 Å². The quantitative estimate of drug-likeness (QED) is 0.464. The first-order valence-electron chi connectivity index (χ1n) is 2.51. The van der Waals surface area contributed by atoms with Crippen molar-refractivity contribution < 1.29 is 0 Å². The molecule has 0 N–H and O–H groups in total. The van der Waals surface area contributed by atoms with Gasteiger partial charge in [-0.15, -0.1) is 0 Å². The van der Waals surface area contributed by atoms with E-state index in [-0.39, 0.29) is 0 Å². The van der Waals surface area contributed by atoms with Crippen LogP contribution in [0.1, 0.15) is 5.82 Å². The fraction of sp³-hybridized carbons (Fsp3) is 0.400. The lowest BCUT2D eigenvalue weighted by atomic mass is 10.1. The number of aromatic nitrogens is 2. The molecule has 40 valence electrons. The number of hydrogen-bond acceptors (Lipinski definition) is 1. The van der Waals surface area contributed by atoms with Gasteiger partial charge >= 0.3 is 0 Å². The first-order chi connectivity index (χ1) is 3.84. The van der Waals surface area contributed by atoms with E-state index in [2.05, 4.69) is 4.98 Å². The van der Waals surface area contributed by atoms with Crippen molar-refractivity contribution in [2.45, 2.75) is 6.32 Å². The second kappa shape index (κ2) is 2.03. The maximum absolute atomic E-state index is 5.31. The van der Waals surface area contributed by atoms with E-state index in [4.69, 9.17) is 7.85 Å². The van der Waals surface area contributed by atoms with Crippen LogP contribution < -0.4 is 0 Å². The molecule has 0 atom stereocenters. The summed E-state index contributed by atoms with van der Waals surface area (Å²) in [7, 11) is 7.24. The number of aryl methyl sites for hydroxylation is 1. The minimum Gasteiger partial charge on any atom is -0.339 e. The molecule has 2 radical (unpaired) electrons. The van der Waals surface area contributed by atoms with Crippen molar-refractivity contribution in [2.24, 2.45) is 7.05 Å². The molecule has 1 heterocycles. The smallest absolute Gasteiger partial charge is 0.0992 e. The maximum atomic E-state index is 5.31. The third-order valence-corrected chi connectivity index (χ3v) is 1.10. The van der Waals surface area contributed by atoms with Crippen molar-refractivity contribution in [1.29, 1.82) is 0 Å². The molecule has 0 aliphatic heterocycles. The molecule has 1 aromatic rings. The summed E-state index contributed by atoms with van der Waals surface area (Å²) in [5.74, 6) is 0.921. The van der Waals surface area contributed by atoms with Crippen LogP contribution in [0.25, 0.3) is 0 Å². The zero-order valence-electron chi connectivity index (χ0n) is 4.83. The molecule has 0 fully saturated rings. The highest BCUT2D eigenvalue weighted by Crippen LogP contribution is 1.90. The van der Waals surface area contributed by atoms with E-state index in [9.17, 15) is 0 Å². The summed E-state index contributed by atoms with van der Waals surface area (Å²) < 4.78 is 1.90. The second-order valence-electron chi connectivity index (χ2n) is 1.66. The second-order valence-corrected chi connectivity index (χ2v) is 1.66. The molecule has 2 nitrogen and oxygen atoms in total. The molecule has 0 aliphatic carbocycles. The third kappa shape index (κ3) is 0.758. The Hall–Kier alpha value is -0.725. The number of rotatable bonds is 1. The lowest BCUT2D eigenvalue weighted by Gasteiger charge is -1.93. The summed E-state index contributed by atoms with van der Waals surface area (Å²) in [6.07, 6.45) is 4.13. The Morgan fingerprint density at radius 2 is 2.62 bits per heavy atom. The van der Waals surface area contributed by atoms with Gasteiger partial charge in [0.05, 0.1) is 13.7 Å². The van der Waals surface area contributed by atoms with Crippen LogP contribution in [0.3, 0.4) is 0 Å². The van der Waals surface area contributed by atoms with E-state index >= 15 is 0 Å². The molecule has 0 aliphatic rings. The Labute approximate surface area is 50.0 Å². The van der Waals surface area contributed by atoms with E-state index in [1.807, 2.05) is 17.8 Å². The van der Waals surface area contributed by atoms with Crippen molar-refractivity contribution in [3.05, 3.63) is 18.2 Å². The van der Waals surface area contributed by atoms with Gasteiger partial charge in [-0.3, -0.25) is 0 Å².